The predicted molar refractivity (Wildman–Crippen MR) is 144 cm³/mol. The molecule has 0 spiro atoms. The van der Waals surface area contributed by atoms with Gasteiger partial charge < -0.3 is 19.9 Å². The number of carbonyl (C=O) groups is 1. The van der Waals surface area contributed by atoms with Gasteiger partial charge >= 0.3 is 6.18 Å². The van der Waals surface area contributed by atoms with Gasteiger partial charge in [0.05, 0.1) is 36.9 Å². The Balaban J connectivity index is 1.20. The van der Waals surface area contributed by atoms with E-state index in [-0.39, 0.29) is 11.6 Å². The first-order valence-corrected chi connectivity index (χ1v) is 13.1. The van der Waals surface area contributed by atoms with Crippen LogP contribution in [0.4, 0.5) is 30.5 Å². The van der Waals surface area contributed by atoms with Gasteiger partial charge in [-0.3, -0.25) is 9.78 Å². The second-order valence-corrected chi connectivity index (χ2v) is 10.1. The lowest BCUT2D eigenvalue weighted by atomic mass is 9.92. The Hall–Kier alpha value is -4.19. The second kappa shape index (κ2) is 10.4. The monoisotopic (exact) mass is 551 g/mol. The third kappa shape index (κ3) is 5.18. The van der Waals surface area contributed by atoms with Crippen molar-refractivity contribution in [3.63, 3.8) is 0 Å². The Labute approximate surface area is 228 Å². The molecule has 2 aliphatic heterocycles. The van der Waals surface area contributed by atoms with Crippen LogP contribution in [0.15, 0.2) is 55.0 Å². The van der Waals surface area contributed by atoms with Gasteiger partial charge in [-0.1, -0.05) is 6.07 Å². The number of aryl methyl sites for hydroxylation is 1. The number of nitrogens with one attached hydrogen (secondary N) is 1. The zero-order chi connectivity index (χ0) is 27.9. The molecule has 1 amide bonds. The molecule has 2 saturated heterocycles. The van der Waals surface area contributed by atoms with Gasteiger partial charge in [0.25, 0.3) is 5.91 Å². The summed E-state index contributed by atoms with van der Waals surface area (Å²) in [7, 11) is 0. The largest absolute Gasteiger partial charge is 0.417 e. The van der Waals surface area contributed by atoms with Crippen molar-refractivity contribution in [3.05, 3.63) is 77.2 Å². The van der Waals surface area contributed by atoms with E-state index >= 15 is 0 Å². The molecule has 0 saturated carbocycles. The van der Waals surface area contributed by atoms with E-state index in [9.17, 15) is 18.0 Å². The number of benzene rings is 1. The molecule has 208 valence electrons. The molecule has 1 N–H and O–H groups in total. The Morgan fingerprint density at radius 1 is 1.02 bits per heavy atom. The quantitative estimate of drug-likeness (QED) is 0.390. The van der Waals surface area contributed by atoms with E-state index in [0.29, 0.717) is 18.8 Å². The number of anilines is 3. The van der Waals surface area contributed by atoms with Crippen LogP contribution in [-0.4, -0.2) is 64.9 Å². The topological polar surface area (TPSA) is 87.9 Å². The maximum atomic E-state index is 13.1. The molecule has 2 aliphatic rings. The van der Waals surface area contributed by atoms with E-state index in [4.69, 9.17) is 9.84 Å². The summed E-state index contributed by atoms with van der Waals surface area (Å²) in [5.41, 5.74) is 2.31. The van der Waals surface area contributed by atoms with Crippen LogP contribution in [0, 0.1) is 6.92 Å². The Kier molecular flexibility index (Phi) is 6.78. The molecule has 1 aromatic carbocycles. The highest BCUT2D eigenvalue weighted by Crippen LogP contribution is 2.34. The zero-order valence-corrected chi connectivity index (χ0v) is 21.9. The van der Waals surface area contributed by atoms with Crippen molar-refractivity contribution >= 4 is 28.9 Å². The van der Waals surface area contributed by atoms with Gasteiger partial charge in [-0.05, 0) is 54.8 Å². The number of imidazole rings is 1. The minimum Gasteiger partial charge on any atom is -0.378 e. The number of nitrogens with zero attached hydrogens (tertiary/aromatic N) is 6. The smallest absolute Gasteiger partial charge is 0.378 e. The van der Waals surface area contributed by atoms with Gasteiger partial charge in [-0.15, -0.1) is 5.10 Å². The van der Waals surface area contributed by atoms with E-state index in [1.54, 1.807) is 6.07 Å². The van der Waals surface area contributed by atoms with Crippen LogP contribution >= 0.6 is 0 Å². The molecule has 0 unspecified atom stereocenters. The third-order valence-corrected chi connectivity index (χ3v) is 7.48. The number of halogens is 3. The van der Waals surface area contributed by atoms with Crippen LogP contribution in [0.5, 0.6) is 0 Å². The fourth-order valence-corrected chi connectivity index (χ4v) is 5.34. The lowest BCUT2D eigenvalue weighted by Gasteiger charge is -2.27. The Morgan fingerprint density at radius 3 is 2.65 bits per heavy atom. The molecule has 4 aromatic rings. The average Bonchev–Trinajstić information content (AvgIpc) is 3.60. The first-order valence-electron chi connectivity index (χ1n) is 13.1. The van der Waals surface area contributed by atoms with Crippen molar-refractivity contribution in [1.82, 2.24) is 19.6 Å². The van der Waals surface area contributed by atoms with E-state index in [1.165, 1.54) is 6.20 Å². The number of alkyl halides is 3. The highest BCUT2D eigenvalue weighted by molar-refractivity contribution is 6.04. The molecule has 9 nitrogen and oxygen atoms in total. The third-order valence-electron chi connectivity index (χ3n) is 7.48. The van der Waals surface area contributed by atoms with Gasteiger partial charge in [0.1, 0.15) is 5.82 Å². The molecular formula is C28H28F3N7O2. The molecule has 0 aliphatic carbocycles. The number of aromatic nitrogens is 4. The Bertz CT molecular complexity index is 1550. The SMILES string of the molecule is Cc1ccc(C(=O)Nc2cncc(C(F)(F)F)c2)cc1[C@@H]1CCN(c2cnc3ccc(N4CCOCC4)nn23)C1. The van der Waals surface area contributed by atoms with E-state index < -0.39 is 17.6 Å². The molecule has 1 atom stereocenters. The summed E-state index contributed by atoms with van der Waals surface area (Å²) in [6.07, 6.45) is 0.104. The van der Waals surface area contributed by atoms with Gasteiger partial charge in [-0.2, -0.15) is 17.7 Å². The summed E-state index contributed by atoms with van der Waals surface area (Å²) in [5.74, 6) is 1.47. The number of rotatable bonds is 5. The number of pyridine rings is 1. The van der Waals surface area contributed by atoms with Crippen molar-refractivity contribution in [1.29, 1.82) is 0 Å². The zero-order valence-electron chi connectivity index (χ0n) is 21.9. The van der Waals surface area contributed by atoms with Gasteiger partial charge in [0.15, 0.2) is 11.5 Å². The Morgan fingerprint density at radius 2 is 1.85 bits per heavy atom. The predicted octanol–water partition coefficient (Wildman–Crippen LogP) is 4.53. The number of amides is 1. The summed E-state index contributed by atoms with van der Waals surface area (Å²) >= 11 is 0. The normalized spacial score (nSPS) is 17.9. The molecule has 3 aromatic heterocycles. The van der Waals surface area contributed by atoms with Gasteiger partial charge in [0.2, 0.25) is 0 Å². The van der Waals surface area contributed by atoms with Crippen LogP contribution in [0.3, 0.4) is 0 Å². The van der Waals surface area contributed by atoms with Gasteiger partial charge in [0, 0.05) is 43.9 Å². The van der Waals surface area contributed by atoms with E-state index in [2.05, 4.69) is 25.1 Å². The molecule has 2 fully saturated rings. The molecular weight excluding hydrogens is 523 g/mol. The molecule has 6 rings (SSSR count). The number of ether oxygens (including phenoxy) is 1. The van der Waals surface area contributed by atoms with Crippen LogP contribution in [0.2, 0.25) is 0 Å². The molecule has 0 radical (unpaired) electrons. The van der Waals surface area contributed by atoms with Crippen molar-refractivity contribution in [2.75, 3.05) is 54.5 Å². The summed E-state index contributed by atoms with van der Waals surface area (Å²) in [6, 6.07) is 10.2. The standard InChI is InChI=1S/C28H28F3N7O2/c1-18-2-3-19(27(39)34-22-13-21(14-32-15-22)28(29,30)31)12-23(18)20-6-7-37(17-20)26-16-33-24-4-5-25(35-38(24)26)36-8-10-40-11-9-36/h2-5,12-16,20H,6-11,17H2,1H3,(H,34,39)/t20-/m1/s1. The number of morpholine rings is 1. The average molecular weight is 552 g/mol. The number of carbonyl (C=O) groups excluding carboxylic acids is 1. The minimum atomic E-state index is -4.54. The number of fused-ring (bicyclic) bond motifs is 1. The van der Waals surface area contributed by atoms with Crippen molar-refractivity contribution in [2.45, 2.75) is 25.4 Å². The first kappa shape index (κ1) is 26.1. The highest BCUT2D eigenvalue weighted by Gasteiger charge is 2.31. The van der Waals surface area contributed by atoms with Crippen LogP contribution in [0.25, 0.3) is 5.65 Å². The number of hydrogen-bond donors (Lipinski definition) is 1. The lowest BCUT2D eigenvalue weighted by Crippen LogP contribution is -2.37. The minimum absolute atomic E-state index is 0.00875. The van der Waals surface area contributed by atoms with Crippen LogP contribution < -0.4 is 15.1 Å². The maximum absolute atomic E-state index is 13.1. The fourth-order valence-electron chi connectivity index (χ4n) is 5.34. The molecule has 0 bridgehead atoms. The summed E-state index contributed by atoms with van der Waals surface area (Å²) in [4.78, 5) is 25.6. The van der Waals surface area contributed by atoms with Crippen molar-refractivity contribution in [3.8, 4) is 0 Å². The van der Waals surface area contributed by atoms with Crippen LogP contribution in [0.1, 0.15) is 39.4 Å². The number of hydrogen-bond acceptors (Lipinski definition) is 7. The molecule has 40 heavy (non-hydrogen) atoms. The molecule has 5 heterocycles. The van der Waals surface area contributed by atoms with Crippen molar-refractivity contribution < 1.29 is 22.7 Å². The highest BCUT2D eigenvalue weighted by atomic mass is 19.4. The summed E-state index contributed by atoms with van der Waals surface area (Å²) < 4.78 is 46.5. The van der Waals surface area contributed by atoms with Crippen molar-refractivity contribution in [2.24, 2.45) is 0 Å². The van der Waals surface area contributed by atoms with Gasteiger partial charge in [-0.25, -0.2) is 4.98 Å². The lowest BCUT2D eigenvalue weighted by molar-refractivity contribution is -0.137. The summed E-state index contributed by atoms with van der Waals surface area (Å²) in [5, 5.41) is 7.42. The first-order chi connectivity index (χ1) is 19.3. The fraction of sp³-hybridized carbons (Fsp3) is 0.357. The van der Waals surface area contributed by atoms with E-state index in [1.807, 2.05) is 41.9 Å². The van der Waals surface area contributed by atoms with E-state index in [0.717, 1.165) is 73.3 Å². The summed E-state index contributed by atoms with van der Waals surface area (Å²) in [6.45, 7) is 6.47. The maximum Gasteiger partial charge on any atom is 0.417 e. The molecule has 12 heteroatoms. The second-order valence-electron chi connectivity index (χ2n) is 10.1. The van der Waals surface area contributed by atoms with Crippen LogP contribution in [-0.2, 0) is 10.9 Å².